The average Bonchev–Trinajstić information content (AvgIpc) is 2.81. The summed E-state index contributed by atoms with van der Waals surface area (Å²) in [5.41, 5.74) is 0.743. The number of carbonyl (C=O) groups excluding carboxylic acids is 1. The summed E-state index contributed by atoms with van der Waals surface area (Å²) in [5, 5.41) is 3.16. The molecular weight excluding hydrogens is 306 g/mol. The standard InChI is InChI=1S/C14H22BrN3O/c1-3-17-7-5-12(6-8-17)16-14(19)13-9-11(15)10-18(13)4-2/h9-10,12H,3-8H2,1-2H3,(H,16,19). The highest BCUT2D eigenvalue weighted by molar-refractivity contribution is 9.10. The molecule has 0 saturated carbocycles. The van der Waals surface area contributed by atoms with Gasteiger partial charge in [-0.1, -0.05) is 6.92 Å². The molecule has 0 radical (unpaired) electrons. The van der Waals surface area contributed by atoms with Crippen molar-refractivity contribution in [3.8, 4) is 0 Å². The van der Waals surface area contributed by atoms with Crippen molar-refractivity contribution in [1.29, 1.82) is 0 Å². The number of aromatic nitrogens is 1. The first-order chi connectivity index (χ1) is 9.13. The van der Waals surface area contributed by atoms with Gasteiger partial charge in [0.1, 0.15) is 5.69 Å². The van der Waals surface area contributed by atoms with Crippen molar-refractivity contribution in [3.63, 3.8) is 0 Å². The summed E-state index contributed by atoms with van der Waals surface area (Å²) >= 11 is 3.43. The monoisotopic (exact) mass is 327 g/mol. The first-order valence-electron chi connectivity index (χ1n) is 7.03. The SMILES string of the molecule is CCN1CCC(NC(=O)c2cc(Br)cn2CC)CC1. The number of amides is 1. The highest BCUT2D eigenvalue weighted by atomic mass is 79.9. The van der Waals surface area contributed by atoms with Gasteiger partial charge in [-0.3, -0.25) is 4.79 Å². The summed E-state index contributed by atoms with van der Waals surface area (Å²) < 4.78 is 2.93. The molecular formula is C14H22BrN3O. The van der Waals surface area contributed by atoms with Gasteiger partial charge in [0.05, 0.1) is 0 Å². The van der Waals surface area contributed by atoms with Crippen molar-refractivity contribution in [2.24, 2.45) is 0 Å². The highest BCUT2D eigenvalue weighted by Gasteiger charge is 2.21. The van der Waals surface area contributed by atoms with Gasteiger partial charge in [0.2, 0.25) is 0 Å². The summed E-state index contributed by atoms with van der Waals surface area (Å²) in [4.78, 5) is 14.7. The summed E-state index contributed by atoms with van der Waals surface area (Å²) in [6, 6.07) is 2.20. The summed E-state index contributed by atoms with van der Waals surface area (Å²) in [6.07, 6.45) is 4.05. The van der Waals surface area contributed by atoms with Crippen LogP contribution in [-0.2, 0) is 6.54 Å². The largest absolute Gasteiger partial charge is 0.348 e. The molecule has 1 N–H and O–H groups in total. The van der Waals surface area contributed by atoms with E-state index in [9.17, 15) is 4.79 Å². The van der Waals surface area contributed by atoms with Crippen LogP contribution in [0.4, 0.5) is 0 Å². The van der Waals surface area contributed by atoms with Gasteiger partial charge in [0, 0.05) is 36.3 Å². The Morgan fingerprint density at radius 3 is 2.63 bits per heavy atom. The van der Waals surface area contributed by atoms with Crippen LogP contribution in [0.1, 0.15) is 37.2 Å². The molecule has 2 heterocycles. The lowest BCUT2D eigenvalue weighted by Gasteiger charge is -2.31. The second kappa shape index (κ2) is 6.57. The zero-order valence-corrected chi connectivity index (χ0v) is 13.2. The van der Waals surface area contributed by atoms with E-state index in [1.54, 1.807) is 0 Å². The van der Waals surface area contributed by atoms with Gasteiger partial charge < -0.3 is 14.8 Å². The number of hydrogen-bond acceptors (Lipinski definition) is 2. The molecule has 0 unspecified atom stereocenters. The number of likely N-dealkylation sites (tertiary alicyclic amines) is 1. The lowest BCUT2D eigenvalue weighted by molar-refractivity contribution is 0.0903. The van der Waals surface area contributed by atoms with E-state index < -0.39 is 0 Å². The van der Waals surface area contributed by atoms with Crippen LogP contribution in [0.2, 0.25) is 0 Å². The first kappa shape index (κ1) is 14.6. The van der Waals surface area contributed by atoms with Gasteiger partial charge in [-0.05, 0) is 48.3 Å². The third kappa shape index (κ3) is 3.60. The Bertz CT molecular complexity index is 436. The molecule has 1 aliphatic rings. The molecule has 1 aliphatic heterocycles. The lowest BCUT2D eigenvalue weighted by Crippen LogP contribution is -2.44. The number of piperidine rings is 1. The molecule has 1 aromatic heterocycles. The Kier molecular flexibility index (Phi) is 5.05. The van der Waals surface area contributed by atoms with Crippen molar-refractivity contribution in [2.75, 3.05) is 19.6 Å². The summed E-state index contributed by atoms with van der Waals surface area (Å²) in [5.74, 6) is 0.0440. The van der Waals surface area contributed by atoms with Crippen LogP contribution < -0.4 is 5.32 Å². The third-order valence-electron chi connectivity index (χ3n) is 3.81. The fourth-order valence-electron chi connectivity index (χ4n) is 2.58. The second-order valence-corrected chi connectivity index (χ2v) is 5.93. The third-order valence-corrected chi connectivity index (χ3v) is 4.24. The van der Waals surface area contributed by atoms with Crippen molar-refractivity contribution < 1.29 is 4.79 Å². The molecule has 5 heteroatoms. The maximum absolute atomic E-state index is 12.3. The maximum Gasteiger partial charge on any atom is 0.268 e. The van der Waals surface area contributed by atoms with Gasteiger partial charge in [0.15, 0.2) is 0 Å². The molecule has 2 rings (SSSR count). The topological polar surface area (TPSA) is 37.3 Å². The van der Waals surface area contributed by atoms with Crippen LogP contribution in [0.25, 0.3) is 0 Å². The smallest absolute Gasteiger partial charge is 0.268 e. The van der Waals surface area contributed by atoms with E-state index in [4.69, 9.17) is 0 Å². The predicted octanol–water partition coefficient (Wildman–Crippen LogP) is 2.48. The van der Waals surface area contributed by atoms with Gasteiger partial charge in [-0.2, -0.15) is 0 Å². The summed E-state index contributed by atoms with van der Waals surface area (Å²) in [7, 11) is 0. The number of rotatable bonds is 4. The molecule has 4 nitrogen and oxygen atoms in total. The predicted molar refractivity (Wildman–Crippen MR) is 80.4 cm³/mol. The Morgan fingerprint density at radius 2 is 2.05 bits per heavy atom. The average molecular weight is 328 g/mol. The molecule has 0 atom stereocenters. The molecule has 19 heavy (non-hydrogen) atoms. The zero-order chi connectivity index (χ0) is 13.8. The molecule has 0 aliphatic carbocycles. The van der Waals surface area contributed by atoms with Gasteiger partial charge in [0.25, 0.3) is 5.91 Å². The van der Waals surface area contributed by atoms with Crippen LogP contribution in [0.5, 0.6) is 0 Å². The van der Waals surface area contributed by atoms with Crippen LogP contribution in [0, 0.1) is 0 Å². The highest BCUT2D eigenvalue weighted by Crippen LogP contribution is 2.16. The number of aryl methyl sites for hydroxylation is 1. The van der Waals surface area contributed by atoms with E-state index >= 15 is 0 Å². The number of halogens is 1. The molecule has 106 valence electrons. The Balaban J connectivity index is 1.94. The van der Waals surface area contributed by atoms with Crippen LogP contribution in [-0.4, -0.2) is 41.1 Å². The van der Waals surface area contributed by atoms with E-state index in [0.717, 1.165) is 49.2 Å². The minimum absolute atomic E-state index is 0.0440. The number of carbonyl (C=O) groups is 1. The minimum Gasteiger partial charge on any atom is -0.348 e. The second-order valence-electron chi connectivity index (χ2n) is 5.01. The molecule has 0 bridgehead atoms. The minimum atomic E-state index is 0.0440. The first-order valence-corrected chi connectivity index (χ1v) is 7.82. The van der Waals surface area contributed by atoms with Gasteiger partial charge >= 0.3 is 0 Å². The van der Waals surface area contributed by atoms with E-state index in [1.807, 2.05) is 23.8 Å². The molecule has 1 fully saturated rings. The van der Waals surface area contributed by atoms with E-state index in [-0.39, 0.29) is 5.91 Å². The Hall–Kier alpha value is -0.810. The summed E-state index contributed by atoms with van der Waals surface area (Å²) in [6.45, 7) is 8.31. The van der Waals surface area contributed by atoms with Crippen LogP contribution in [0.15, 0.2) is 16.7 Å². The molecule has 0 aromatic carbocycles. The zero-order valence-electron chi connectivity index (χ0n) is 11.7. The van der Waals surface area contributed by atoms with Crippen molar-refractivity contribution >= 4 is 21.8 Å². The molecule has 0 spiro atoms. The van der Waals surface area contributed by atoms with E-state index in [1.165, 1.54) is 0 Å². The molecule has 1 amide bonds. The van der Waals surface area contributed by atoms with Gasteiger partial charge in [-0.15, -0.1) is 0 Å². The van der Waals surface area contributed by atoms with Crippen molar-refractivity contribution in [2.45, 2.75) is 39.3 Å². The van der Waals surface area contributed by atoms with E-state index in [2.05, 4.69) is 33.1 Å². The normalized spacial score (nSPS) is 17.6. The van der Waals surface area contributed by atoms with Crippen molar-refractivity contribution in [1.82, 2.24) is 14.8 Å². The van der Waals surface area contributed by atoms with E-state index in [0.29, 0.717) is 6.04 Å². The fraction of sp³-hybridized carbons (Fsp3) is 0.643. The number of hydrogen-bond donors (Lipinski definition) is 1. The van der Waals surface area contributed by atoms with Crippen LogP contribution in [0.3, 0.4) is 0 Å². The molecule has 1 saturated heterocycles. The number of nitrogens with one attached hydrogen (secondary N) is 1. The van der Waals surface area contributed by atoms with Gasteiger partial charge in [-0.25, -0.2) is 0 Å². The van der Waals surface area contributed by atoms with Crippen molar-refractivity contribution in [3.05, 3.63) is 22.4 Å². The number of nitrogens with zero attached hydrogens (tertiary/aromatic N) is 2. The maximum atomic E-state index is 12.3. The molecule has 1 aromatic rings. The lowest BCUT2D eigenvalue weighted by atomic mass is 10.0. The fourth-order valence-corrected chi connectivity index (χ4v) is 3.04. The Labute approximate surface area is 123 Å². The quantitative estimate of drug-likeness (QED) is 0.922. The Morgan fingerprint density at radius 1 is 1.37 bits per heavy atom. The van der Waals surface area contributed by atoms with Crippen LogP contribution >= 0.6 is 15.9 Å².